The van der Waals surface area contributed by atoms with Crippen molar-refractivity contribution in [3.05, 3.63) is 35.9 Å². The second kappa shape index (κ2) is 5.97. The zero-order valence-corrected chi connectivity index (χ0v) is 10.5. The molecule has 0 bridgehead atoms. The van der Waals surface area contributed by atoms with E-state index < -0.39 is 0 Å². The van der Waals surface area contributed by atoms with Gasteiger partial charge in [0.05, 0.1) is 6.54 Å². The van der Waals surface area contributed by atoms with Crippen molar-refractivity contribution in [2.45, 2.75) is 38.6 Å². The Morgan fingerprint density at radius 1 is 1.29 bits per heavy atom. The molecule has 92 valence electrons. The van der Waals surface area contributed by atoms with E-state index in [1.165, 1.54) is 25.7 Å². The van der Waals surface area contributed by atoms with E-state index >= 15 is 0 Å². The van der Waals surface area contributed by atoms with E-state index in [1.807, 2.05) is 30.3 Å². The van der Waals surface area contributed by atoms with Gasteiger partial charge in [0.2, 0.25) is 0 Å². The van der Waals surface area contributed by atoms with Crippen molar-refractivity contribution in [2.24, 2.45) is 5.92 Å². The van der Waals surface area contributed by atoms with E-state index in [4.69, 9.17) is 0 Å². The van der Waals surface area contributed by atoms with Crippen LogP contribution >= 0.6 is 0 Å². The quantitative estimate of drug-likeness (QED) is 0.807. The lowest BCUT2D eigenvalue weighted by molar-refractivity contribution is 0.0983. The predicted octanol–water partition coefficient (Wildman–Crippen LogP) is 3.04. The zero-order chi connectivity index (χ0) is 12.1. The standard InChI is InChI=1S/C15H21NO/c1-12-6-5-9-14(10-12)16-11-15(17)13-7-3-2-4-8-13/h2-4,7-8,12,14,16H,5-6,9-11H2,1H3/t12-,14+/m0/s1. The molecule has 1 aromatic carbocycles. The van der Waals surface area contributed by atoms with Crippen LogP contribution < -0.4 is 5.32 Å². The van der Waals surface area contributed by atoms with Gasteiger partial charge >= 0.3 is 0 Å². The van der Waals surface area contributed by atoms with Gasteiger partial charge in [0.1, 0.15) is 0 Å². The summed E-state index contributed by atoms with van der Waals surface area (Å²) in [4.78, 5) is 11.9. The molecule has 1 aliphatic rings. The van der Waals surface area contributed by atoms with Crippen molar-refractivity contribution in [3.63, 3.8) is 0 Å². The molecule has 0 spiro atoms. The number of carbonyl (C=O) groups excluding carboxylic acids is 1. The molecule has 1 fully saturated rings. The molecule has 1 saturated carbocycles. The van der Waals surface area contributed by atoms with Gasteiger partial charge in [-0.3, -0.25) is 4.79 Å². The van der Waals surface area contributed by atoms with Gasteiger partial charge in [0, 0.05) is 11.6 Å². The molecule has 0 heterocycles. The highest BCUT2D eigenvalue weighted by Crippen LogP contribution is 2.23. The lowest BCUT2D eigenvalue weighted by Gasteiger charge is -2.27. The Balaban J connectivity index is 1.80. The maximum atomic E-state index is 11.9. The molecule has 2 rings (SSSR count). The lowest BCUT2D eigenvalue weighted by atomic mass is 9.87. The van der Waals surface area contributed by atoms with Gasteiger partial charge in [-0.1, -0.05) is 50.1 Å². The van der Waals surface area contributed by atoms with Crippen molar-refractivity contribution in [3.8, 4) is 0 Å². The Bertz CT molecular complexity index is 360. The number of hydrogen-bond acceptors (Lipinski definition) is 2. The molecule has 0 aromatic heterocycles. The summed E-state index contributed by atoms with van der Waals surface area (Å²) >= 11 is 0. The van der Waals surface area contributed by atoms with E-state index in [0.717, 1.165) is 11.5 Å². The first kappa shape index (κ1) is 12.3. The summed E-state index contributed by atoms with van der Waals surface area (Å²) in [6.07, 6.45) is 5.05. The lowest BCUT2D eigenvalue weighted by Crippen LogP contribution is -2.36. The molecular weight excluding hydrogens is 210 g/mol. The minimum absolute atomic E-state index is 0.198. The van der Waals surface area contributed by atoms with Crippen LogP contribution in [0.1, 0.15) is 43.0 Å². The van der Waals surface area contributed by atoms with Gasteiger partial charge in [0.15, 0.2) is 5.78 Å². The molecule has 2 atom stereocenters. The fourth-order valence-corrected chi connectivity index (χ4v) is 2.58. The number of benzene rings is 1. The maximum Gasteiger partial charge on any atom is 0.176 e. The smallest absolute Gasteiger partial charge is 0.176 e. The number of Topliss-reactive ketones (excluding diaryl/α,β-unsaturated/α-hetero) is 1. The summed E-state index contributed by atoms with van der Waals surface area (Å²) in [6.45, 7) is 2.77. The average molecular weight is 231 g/mol. The Hall–Kier alpha value is -1.15. The van der Waals surface area contributed by atoms with Crippen molar-refractivity contribution in [2.75, 3.05) is 6.54 Å². The molecule has 0 unspecified atom stereocenters. The van der Waals surface area contributed by atoms with Crippen molar-refractivity contribution in [1.82, 2.24) is 5.32 Å². The molecule has 0 amide bonds. The zero-order valence-electron chi connectivity index (χ0n) is 10.5. The number of nitrogens with one attached hydrogen (secondary N) is 1. The molecular formula is C15H21NO. The highest BCUT2D eigenvalue weighted by Gasteiger charge is 2.19. The minimum Gasteiger partial charge on any atom is -0.307 e. The van der Waals surface area contributed by atoms with Crippen LogP contribution in [-0.4, -0.2) is 18.4 Å². The van der Waals surface area contributed by atoms with Crippen molar-refractivity contribution < 1.29 is 4.79 Å². The number of rotatable bonds is 4. The fraction of sp³-hybridized carbons (Fsp3) is 0.533. The van der Waals surface area contributed by atoms with Crippen LogP contribution in [0.15, 0.2) is 30.3 Å². The summed E-state index contributed by atoms with van der Waals surface area (Å²) in [5, 5.41) is 3.40. The van der Waals surface area contributed by atoms with E-state index in [1.54, 1.807) is 0 Å². The van der Waals surface area contributed by atoms with Crippen LogP contribution in [0.5, 0.6) is 0 Å². The largest absolute Gasteiger partial charge is 0.307 e. The second-order valence-electron chi connectivity index (χ2n) is 5.14. The first-order valence-electron chi connectivity index (χ1n) is 6.57. The molecule has 1 aliphatic carbocycles. The van der Waals surface area contributed by atoms with Gasteiger partial charge in [-0.05, 0) is 18.8 Å². The first-order valence-corrected chi connectivity index (χ1v) is 6.57. The van der Waals surface area contributed by atoms with E-state index in [0.29, 0.717) is 12.6 Å². The predicted molar refractivity (Wildman–Crippen MR) is 70.2 cm³/mol. The van der Waals surface area contributed by atoms with Crippen LogP contribution in [0.3, 0.4) is 0 Å². The normalized spacial score (nSPS) is 24.5. The van der Waals surface area contributed by atoms with E-state index in [2.05, 4.69) is 12.2 Å². The molecule has 17 heavy (non-hydrogen) atoms. The van der Waals surface area contributed by atoms with Gasteiger partial charge in [-0.15, -0.1) is 0 Å². The number of hydrogen-bond donors (Lipinski definition) is 1. The Morgan fingerprint density at radius 3 is 2.76 bits per heavy atom. The molecule has 1 aromatic rings. The Morgan fingerprint density at radius 2 is 2.06 bits per heavy atom. The first-order chi connectivity index (χ1) is 8.25. The highest BCUT2D eigenvalue weighted by molar-refractivity contribution is 5.97. The molecule has 2 nitrogen and oxygen atoms in total. The molecule has 0 radical (unpaired) electrons. The third-order valence-electron chi connectivity index (χ3n) is 3.58. The Labute approximate surface area is 103 Å². The fourth-order valence-electron chi connectivity index (χ4n) is 2.58. The van der Waals surface area contributed by atoms with Crippen LogP contribution in [-0.2, 0) is 0 Å². The third kappa shape index (κ3) is 3.67. The highest BCUT2D eigenvalue weighted by atomic mass is 16.1. The van der Waals surface area contributed by atoms with Crippen LogP contribution in [0, 0.1) is 5.92 Å². The van der Waals surface area contributed by atoms with E-state index in [-0.39, 0.29) is 5.78 Å². The maximum absolute atomic E-state index is 11.9. The number of ketones is 1. The molecule has 1 N–H and O–H groups in total. The summed E-state index contributed by atoms with van der Waals surface area (Å²) in [6, 6.07) is 10.1. The molecule has 0 aliphatic heterocycles. The monoisotopic (exact) mass is 231 g/mol. The topological polar surface area (TPSA) is 29.1 Å². The number of carbonyl (C=O) groups is 1. The van der Waals surface area contributed by atoms with Crippen molar-refractivity contribution in [1.29, 1.82) is 0 Å². The summed E-state index contributed by atoms with van der Waals surface area (Å²) in [5.41, 5.74) is 0.809. The summed E-state index contributed by atoms with van der Waals surface area (Å²) < 4.78 is 0. The van der Waals surface area contributed by atoms with Gasteiger partial charge in [-0.25, -0.2) is 0 Å². The van der Waals surface area contributed by atoms with Crippen LogP contribution in [0.4, 0.5) is 0 Å². The Kier molecular flexibility index (Phi) is 4.32. The summed E-state index contributed by atoms with van der Waals surface area (Å²) in [7, 11) is 0. The van der Waals surface area contributed by atoms with E-state index in [9.17, 15) is 4.79 Å². The third-order valence-corrected chi connectivity index (χ3v) is 3.58. The summed E-state index contributed by atoms with van der Waals surface area (Å²) in [5.74, 6) is 0.997. The molecule has 0 saturated heterocycles. The van der Waals surface area contributed by atoms with Gasteiger partial charge in [0.25, 0.3) is 0 Å². The van der Waals surface area contributed by atoms with Crippen LogP contribution in [0.2, 0.25) is 0 Å². The van der Waals surface area contributed by atoms with Crippen LogP contribution in [0.25, 0.3) is 0 Å². The van der Waals surface area contributed by atoms with Gasteiger partial charge in [-0.2, -0.15) is 0 Å². The second-order valence-corrected chi connectivity index (χ2v) is 5.14. The SMILES string of the molecule is C[C@H]1CCC[C@@H](NCC(=O)c2ccccc2)C1. The van der Waals surface area contributed by atoms with Gasteiger partial charge < -0.3 is 5.32 Å². The average Bonchev–Trinajstić information content (AvgIpc) is 2.37. The molecule has 2 heteroatoms. The minimum atomic E-state index is 0.198. The van der Waals surface area contributed by atoms with Crippen molar-refractivity contribution >= 4 is 5.78 Å².